The van der Waals surface area contributed by atoms with Crippen LogP contribution in [0.2, 0.25) is 0 Å². The maximum absolute atomic E-state index is 6.69. The van der Waals surface area contributed by atoms with Gasteiger partial charge < -0.3 is 14.8 Å². The van der Waals surface area contributed by atoms with Crippen LogP contribution in [0.1, 0.15) is 66.2 Å². The number of hydrogen-bond donors (Lipinski definition) is 1. The first kappa shape index (κ1) is 16.3. The molecule has 0 aromatic carbocycles. The fourth-order valence-electron chi connectivity index (χ4n) is 4.07. The van der Waals surface area contributed by atoms with E-state index in [0.29, 0.717) is 18.3 Å². The van der Waals surface area contributed by atoms with Gasteiger partial charge in [0.25, 0.3) is 0 Å². The van der Waals surface area contributed by atoms with Gasteiger partial charge in [-0.25, -0.2) is 0 Å². The fourth-order valence-corrected chi connectivity index (χ4v) is 4.07. The van der Waals surface area contributed by atoms with Crippen LogP contribution in [0.5, 0.6) is 0 Å². The molecule has 0 spiro atoms. The van der Waals surface area contributed by atoms with Crippen LogP contribution in [0, 0.1) is 5.92 Å². The molecule has 118 valence electrons. The predicted molar refractivity (Wildman–Crippen MR) is 83.0 cm³/mol. The number of likely N-dealkylation sites (N-methyl/N-ethyl adjacent to an activating group) is 1. The van der Waals surface area contributed by atoms with Crippen molar-refractivity contribution in [2.24, 2.45) is 5.92 Å². The lowest BCUT2D eigenvalue weighted by Crippen LogP contribution is -2.50. The Hall–Kier alpha value is -0.120. The monoisotopic (exact) mass is 283 g/mol. The van der Waals surface area contributed by atoms with Gasteiger partial charge in [0.1, 0.15) is 0 Å². The zero-order valence-electron chi connectivity index (χ0n) is 13.8. The molecule has 1 N–H and O–H groups in total. The van der Waals surface area contributed by atoms with Gasteiger partial charge in [-0.05, 0) is 52.0 Å². The molecule has 0 bridgehead atoms. The molecule has 2 aliphatic rings. The predicted octanol–water partition coefficient (Wildman–Crippen LogP) is 3.52. The fraction of sp³-hybridized carbons (Fsp3) is 1.00. The highest BCUT2D eigenvalue weighted by Gasteiger charge is 2.39. The molecule has 0 aromatic rings. The van der Waals surface area contributed by atoms with Gasteiger partial charge >= 0.3 is 0 Å². The number of rotatable bonds is 5. The zero-order chi connectivity index (χ0) is 14.6. The van der Waals surface area contributed by atoms with Crippen molar-refractivity contribution in [3.63, 3.8) is 0 Å². The second kappa shape index (κ2) is 7.24. The molecule has 2 fully saturated rings. The van der Waals surface area contributed by atoms with Gasteiger partial charge in [0, 0.05) is 6.54 Å². The maximum atomic E-state index is 6.69. The first-order valence-corrected chi connectivity index (χ1v) is 8.57. The SMILES string of the molecule is CCNCC1(OC2CC(C)OC(C)C2)CCCC(C)C1. The topological polar surface area (TPSA) is 30.5 Å². The molecule has 1 aliphatic carbocycles. The van der Waals surface area contributed by atoms with E-state index in [4.69, 9.17) is 9.47 Å². The summed E-state index contributed by atoms with van der Waals surface area (Å²) in [5.74, 6) is 0.789. The van der Waals surface area contributed by atoms with Crippen molar-refractivity contribution in [1.29, 1.82) is 0 Å². The molecule has 3 heteroatoms. The average molecular weight is 283 g/mol. The standard InChI is InChI=1S/C17H33NO2/c1-5-18-12-17(8-6-7-13(2)11-17)20-16-9-14(3)19-15(4)10-16/h13-16,18H,5-12H2,1-4H3. The summed E-state index contributed by atoms with van der Waals surface area (Å²) >= 11 is 0. The van der Waals surface area contributed by atoms with E-state index in [1.54, 1.807) is 0 Å². The molecule has 3 nitrogen and oxygen atoms in total. The molecule has 4 unspecified atom stereocenters. The molecular weight excluding hydrogens is 250 g/mol. The third-order valence-electron chi connectivity index (χ3n) is 4.82. The molecule has 2 rings (SSSR count). The van der Waals surface area contributed by atoms with Gasteiger partial charge in [0.2, 0.25) is 0 Å². The minimum absolute atomic E-state index is 0.0646. The van der Waals surface area contributed by atoms with Crippen molar-refractivity contribution in [2.75, 3.05) is 13.1 Å². The van der Waals surface area contributed by atoms with E-state index < -0.39 is 0 Å². The van der Waals surface area contributed by atoms with Crippen molar-refractivity contribution >= 4 is 0 Å². The number of hydrogen-bond acceptors (Lipinski definition) is 3. The van der Waals surface area contributed by atoms with Crippen LogP contribution in [-0.4, -0.2) is 37.0 Å². The Morgan fingerprint density at radius 3 is 2.50 bits per heavy atom. The van der Waals surface area contributed by atoms with Gasteiger partial charge in [0.15, 0.2) is 0 Å². The van der Waals surface area contributed by atoms with E-state index in [0.717, 1.165) is 31.8 Å². The molecular formula is C17H33NO2. The highest BCUT2D eigenvalue weighted by Crippen LogP contribution is 2.37. The van der Waals surface area contributed by atoms with Crippen molar-refractivity contribution in [2.45, 2.75) is 90.1 Å². The first-order chi connectivity index (χ1) is 9.53. The molecule has 0 aromatic heterocycles. The van der Waals surface area contributed by atoms with E-state index >= 15 is 0 Å². The smallest absolute Gasteiger partial charge is 0.0812 e. The van der Waals surface area contributed by atoms with Gasteiger partial charge in [-0.15, -0.1) is 0 Å². The average Bonchev–Trinajstić information content (AvgIpc) is 2.35. The first-order valence-electron chi connectivity index (χ1n) is 8.57. The summed E-state index contributed by atoms with van der Waals surface area (Å²) in [5.41, 5.74) is 0.0646. The largest absolute Gasteiger partial charge is 0.375 e. The summed E-state index contributed by atoms with van der Waals surface area (Å²) in [4.78, 5) is 0. The Bertz CT molecular complexity index is 287. The van der Waals surface area contributed by atoms with Crippen molar-refractivity contribution < 1.29 is 9.47 Å². The van der Waals surface area contributed by atoms with Crippen LogP contribution in [0.25, 0.3) is 0 Å². The second-order valence-electron chi connectivity index (χ2n) is 7.13. The molecule has 1 saturated heterocycles. The van der Waals surface area contributed by atoms with Gasteiger partial charge in [-0.3, -0.25) is 0 Å². The summed E-state index contributed by atoms with van der Waals surface area (Å²) in [5, 5.41) is 3.54. The summed E-state index contributed by atoms with van der Waals surface area (Å²) in [6, 6.07) is 0. The molecule has 1 saturated carbocycles. The van der Waals surface area contributed by atoms with Crippen LogP contribution in [0.4, 0.5) is 0 Å². The lowest BCUT2D eigenvalue weighted by molar-refractivity contribution is -0.170. The summed E-state index contributed by atoms with van der Waals surface area (Å²) in [7, 11) is 0. The third-order valence-corrected chi connectivity index (χ3v) is 4.82. The van der Waals surface area contributed by atoms with Crippen LogP contribution in [0.3, 0.4) is 0 Å². The normalized spacial score (nSPS) is 42.6. The molecule has 1 aliphatic heterocycles. The van der Waals surface area contributed by atoms with E-state index in [-0.39, 0.29) is 5.60 Å². The molecule has 4 atom stereocenters. The Morgan fingerprint density at radius 1 is 1.20 bits per heavy atom. The van der Waals surface area contributed by atoms with E-state index in [1.165, 1.54) is 25.7 Å². The molecule has 20 heavy (non-hydrogen) atoms. The van der Waals surface area contributed by atoms with E-state index in [1.807, 2.05) is 0 Å². The number of ether oxygens (including phenoxy) is 2. The van der Waals surface area contributed by atoms with Crippen LogP contribution in [-0.2, 0) is 9.47 Å². The highest BCUT2D eigenvalue weighted by atomic mass is 16.5. The summed E-state index contributed by atoms with van der Waals surface area (Å²) in [6.07, 6.45) is 8.22. The van der Waals surface area contributed by atoms with Crippen molar-refractivity contribution in [1.82, 2.24) is 5.32 Å². The lowest BCUT2D eigenvalue weighted by atomic mass is 9.78. The van der Waals surface area contributed by atoms with E-state index in [9.17, 15) is 0 Å². The Labute approximate surface area is 124 Å². The minimum Gasteiger partial charge on any atom is -0.375 e. The molecule has 0 radical (unpaired) electrons. The van der Waals surface area contributed by atoms with Crippen LogP contribution in [0.15, 0.2) is 0 Å². The Balaban J connectivity index is 1.99. The molecule has 0 amide bonds. The third kappa shape index (κ3) is 4.44. The van der Waals surface area contributed by atoms with Crippen LogP contribution >= 0.6 is 0 Å². The summed E-state index contributed by atoms with van der Waals surface area (Å²) < 4.78 is 12.5. The van der Waals surface area contributed by atoms with Gasteiger partial charge in [-0.2, -0.15) is 0 Å². The van der Waals surface area contributed by atoms with Gasteiger partial charge in [-0.1, -0.05) is 26.7 Å². The lowest BCUT2D eigenvalue weighted by Gasteiger charge is -2.44. The van der Waals surface area contributed by atoms with E-state index in [2.05, 4.69) is 33.0 Å². The van der Waals surface area contributed by atoms with Crippen LogP contribution < -0.4 is 5.32 Å². The number of nitrogens with one attached hydrogen (secondary N) is 1. The molecule has 1 heterocycles. The second-order valence-corrected chi connectivity index (χ2v) is 7.13. The summed E-state index contributed by atoms with van der Waals surface area (Å²) in [6.45, 7) is 10.9. The quantitative estimate of drug-likeness (QED) is 0.837. The minimum atomic E-state index is 0.0646. The Morgan fingerprint density at radius 2 is 1.90 bits per heavy atom. The van der Waals surface area contributed by atoms with Crippen molar-refractivity contribution in [3.8, 4) is 0 Å². The highest BCUT2D eigenvalue weighted by molar-refractivity contribution is 4.91. The van der Waals surface area contributed by atoms with Gasteiger partial charge in [0.05, 0.1) is 23.9 Å². The van der Waals surface area contributed by atoms with Crippen molar-refractivity contribution in [3.05, 3.63) is 0 Å². The zero-order valence-corrected chi connectivity index (χ0v) is 13.8. The maximum Gasteiger partial charge on any atom is 0.0812 e. The Kier molecular flexibility index (Phi) is 5.88.